The van der Waals surface area contributed by atoms with E-state index < -0.39 is 10.8 Å². The maximum atomic E-state index is 11.0. The molecule has 0 amide bonds. The van der Waals surface area contributed by atoms with Crippen molar-refractivity contribution < 1.29 is 4.21 Å². The summed E-state index contributed by atoms with van der Waals surface area (Å²) < 4.78 is 11.0. The molecule has 2 rings (SSSR count). The Labute approximate surface area is 107 Å². The van der Waals surface area contributed by atoms with E-state index in [0.717, 1.165) is 10.9 Å². The van der Waals surface area contributed by atoms with E-state index in [9.17, 15) is 4.21 Å². The topological polar surface area (TPSA) is 78.7 Å². The lowest BCUT2D eigenvalue weighted by atomic mass is 10.1. The van der Waals surface area contributed by atoms with E-state index >= 15 is 0 Å². The molecule has 1 unspecified atom stereocenters. The lowest BCUT2D eigenvalue weighted by molar-refractivity contribution is 0.687. The van der Waals surface area contributed by atoms with Gasteiger partial charge >= 0.3 is 0 Å². The number of hydrogen-bond acceptors (Lipinski definition) is 5. The molecular formula is C12H12N4OS. The minimum atomic E-state index is -0.863. The van der Waals surface area contributed by atoms with Gasteiger partial charge in [-0.2, -0.15) is 5.26 Å². The first-order valence-corrected chi connectivity index (χ1v) is 7.14. The Morgan fingerprint density at radius 3 is 2.89 bits per heavy atom. The molecular weight excluding hydrogens is 248 g/mol. The third-order valence-electron chi connectivity index (χ3n) is 2.47. The van der Waals surface area contributed by atoms with Gasteiger partial charge in [-0.15, -0.1) is 10.2 Å². The second kappa shape index (κ2) is 5.56. The fraction of sp³-hybridized carbons (Fsp3) is 0.250. The van der Waals surface area contributed by atoms with Crippen LogP contribution in [0.5, 0.6) is 0 Å². The van der Waals surface area contributed by atoms with E-state index in [1.165, 1.54) is 0 Å². The minimum absolute atomic E-state index is 0.260. The van der Waals surface area contributed by atoms with Gasteiger partial charge in [-0.05, 0) is 6.07 Å². The molecule has 0 saturated carbocycles. The van der Waals surface area contributed by atoms with Crippen LogP contribution < -0.4 is 5.32 Å². The average molecular weight is 260 g/mol. The molecule has 1 heterocycles. The second-order valence-electron chi connectivity index (χ2n) is 3.76. The first kappa shape index (κ1) is 12.5. The Kier molecular flexibility index (Phi) is 3.85. The molecule has 1 N–H and O–H groups in total. The number of benzene rings is 1. The fourth-order valence-electron chi connectivity index (χ4n) is 1.63. The number of aromatic nitrogens is 2. The van der Waals surface area contributed by atoms with Crippen LogP contribution >= 0.6 is 0 Å². The first-order chi connectivity index (χ1) is 8.72. The molecule has 92 valence electrons. The van der Waals surface area contributed by atoms with Crippen molar-refractivity contribution in [3.63, 3.8) is 0 Å². The van der Waals surface area contributed by atoms with Gasteiger partial charge < -0.3 is 5.32 Å². The van der Waals surface area contributed by atoms with Gasteiger partial charge in [0, 0.05) is 34.7 Å². The number of rotatable bonds is 4. The van der Waals surface area contributed by atoms with Crippen molar-refractivity contribution in [1.29, 1.82) is 5.26 Å². The van der Waals surface area contributed by atoms with Gasteiger partial charge in [-0.25, -0.2) is 0 Å². The van der Waals surface area contributed by atoms with Crippen LogP contribution in [0.2, 0.25) is 0 Å². The van der Waals surface area contributed by atoms with Crippen molar-refractivity contribution in [3.05, 3.63) is 30.0 Å². The number of fused-ring (bicyclic) bond motifs is 1. The van der Waals surface area contributed by atoms with E-state index in [0.29, 0.717) is 18.0 Å². The molecule has 1 aromatic carbocycles. The van der Waals surface area contributed by atoms with Crippen LogP contribution in [0.15, 0.2) is 24.3 Å². The van der Waals surface area contributed by atoms with Crippen LogP contribution in [0, 0.1) is 11.3 Å². The van der Waals surface area contributed by atoms with Crippen LogP contribution in [-0.4, -0.2) is 33.0 Å². The van der Waals surface area contributed by atoms with Crippen LogP contribution in [-0.2, 0) is 10.8 Å². The maximum Gasteiger partial charge on any atom is 0.186 e. The van der Waals surface area contributed by atoms with Crippen LogP contribution in [0.1, 0.15) is 5.69 Å². The summed E-state index contributed by atoms with van der Waals surface area (Å²) in [5.41, 5.74) is 1.65. The van der Waals surface area contributed by atoms with E-state index in [1.807, 2.05) is 30.3 Å². The molecule has 6 heteroatoms. The predicted molar refractivity (Wildman–Crippen MR) is 71.7 cm³/mol. The van der Waals surface area contributed by atoms with E-state index in [-0.39, 0.29) is 5.69 Å². The van der Waals surface area contributed by atoms with Crippen LogP contribution in [0.4, 0.5) is 5.69 Å². The highest BCUT2D eigenvalue weighted by Gasteiger charge is 2.09. The fourth-order valence-corrected chi connectivity index (χ4v) is 2.02. The van der Waals surface area contributed by atoms with Crippen molar-refractivity contribution in [2.45, 2.75) is 0 Å². The van der Waals surface area contributed by atoms with Crippen LogP contribution in [0.3, 0.4) is 0 Å². The Morgan fingerprint density at radius 1 is 1.39 bits per heavy atom. The molecule has 1 aromatic heterocycles. The third-order valence-corrected chi connectivity index (χ3v) is 3.24. The summed E-state index contributed by atoms with van der Waals surface area (Å²) in [6.07, 6.45) is 1.65. The SMILES string of the molecule is CS(=O)CCNc1c(C#N)nnc2ccccc12. The highest BCUT2D eigenvalue weighted by Crippen LogP contribution is 2.23. The minimum Gasteiger partial charge on any atom is -0.381 e. The van der Waals surface area contributed by atoms with Gasteiger partial charge in [0.25, 0.3) is 0 Å². The molecule has 0 radical (unpaired) electrons. The average Bonchev–Trinajstić information content (AvgIpc) is 2.38. The number of nitrogens with zero attached hydrogens (tertiary/aromatic N) is 3. The summed E-state index contributed by atoms with van der Waals surface area (Å²) in [6, 6.07) is 9.49. The predicted octanol–water partition coefficient (Wildman–Crippen LogP) is 1.29. The molecule has 0 aliphatic rings. The highest BCUT2D eigenvalue weighted by molar-refractivity contribution is 7.84. The second-order valence-corrected chi connectivity index (χ2v) is 5.31. The standard InChI is InChI=1S/C12H12N4OS/c1-18(17)7-6-14-12-9-4-2-3-5-10(9)15-16-11(12)8-13/h2-5H,6-7H2,1H3,(H,14,15). The summed E-state index contributed by atoms with van der Waals surface area (Å²) in [7, 11) is -0.863. The van der Waals surface area contributed by atoms with E-state index in [1.54, 1.807) is 6.26 Å². The number of hydrogen-bond donors (Lipinski definition) is 1. The first-order valence-electron chi connectivity index (χ1n) is 5.42. The molecule has 0 spiro atoms. The maximum absolute atomic E-state index is 11.0. The summed E-state index contributed by atoms with van der Waals surface area (Å²) in [5, 5.41) is 20.9. The summed E-state index contributed by atoms with van der Waals surface area (Å²) in [5.74, 6) is 0.529. The smallest absolute Gasteiger partial charge is 0.186 e. The molecule has 0 aliphatic carbocycles. The monoisotopic (exact) mass is 260 g/mol. The number of anilines is 1. The van der Waals surface area contributed by atoms with Crippen molar-refractivity contribution in [2.24, 2.45) is 0 Å². The van der Waals surface area contributed by atoms with Gasteiger partial charge in [-0.1, -0.05) is 18.2 Å². The largest absolute Gasteiger partial charge is 0.381 e. The van der Waals surface area contributed by atoms with Crippen LogP contribution in [0.25, 0.3) is 10.9 Å². The van der Waals surface area contributed by atoms with Gasteiger partial charge in [0.1, 0.15) is 6.07 Å². The molecule has 0 saturated heterocycles. The normalized spacial score (nSPS) is 12.0. The Balaban J connectivity index is 2.39. The number of nitriles is 1. The summed E-state index contributed by atoms with van der Waals surface area (Å²) >= 11 is 0. The molecule has 5 nitrogen and oxygen atoms in total. The molecule has 0 fully saturated rings. The van der Waals surface area contributed by atoms with E-state index in [2.05, 4.69) is 15.5 Å². The van der Waals surface area contributed by atoms with Crippen molar-refractivity contribution in [2.75, 3.05) is 23.9 Å². The third kappa shape index (κ3) is 2.63. The van der Waals surface area contributed by atoms with Gasteiger partial charge in [-0.3, -0.25) is 4.21 Å². The Bertz CT molecular complexity index is 636. The van der Waals surface area contributed by atoms with E-state index in [4.69, 9.17) is 5.26 Å². The highest BCUT2D eigenvalue weighted by atomic mass is 32.2. The lowest BCUT2D eigenvalue weighted by Gasteiger charge is -2.09. The summed E-state index contributed by atoms with van der Waals surface area (Å²) in [4.78, 5) is 0. The van der Waals surface area contributed by atoms with Gasteiger partial charge in [0.2, 0.25) is 0 Å². The number of nitrogens with one attached hydrogen (secondary N) is 1. The lowest BCUT2D eigenvalue weighted by Crippen LogP contribution is -2.12. The Hall–Kier alpha value is -2.00. The van der Waals surface area contributed by atoms with Crippen molar-refractivity contribution in [3.8, 4) is 6.07 Å². The quantitative estimate of drug-likeness (QED) is 0.896. The zero-order valence-corrected chi connectivity index (χ0v) is 10.7. The molecule has 1 atom stereocenters. The summed E-state index contributed by atoms with van der Waals surface area (Å²) in [6.45, 7) is 0.535. The van der Waals surface area contributed by atoms with Crippen molar-refractivity contribution >= 4 is 27.4 Å². The molecule has 0 bridgehead atoms. The van der Waals surface area contributed by atoms with Gasteiger partial charge in [0.05, 0.1) is 11.2 Å². The zero-order valence-electron chi connectivity index (χ0n) is 9.88. The van der Waals surface area contributed by atoms with Crippen molar-refractivity contribution in [1.82, 2.24) is 10.2 Å². The molecule has 2 aromatic rings. The van der Waals surface area contributed by atoms with Gasteiger partial charge in [0.15, 0.2) is 5.69 Å². The molecule has 18 heavy (non-hydrogen) atoms. The zero-order chi connectivity index (χ0) is 13.0. The molecule has 0 aliphatic heterocycles. The Morgan fingerprint density at radius 2 is 2.17 bits per heavy atom.